The van der Waals surface area contributed by atoms with Gasteiger partial charge in [0.05, 0.1) is 18.3 Å². The molecule has 2 aromatic heterocycles. The Balaban J connectivity index is 1.55. The van der Waals surface area contributed by atoms with Crippen molar-refractivity contribution in [3.05, 3.63) is 72.2 Å². The van der Waals surface area contributed by atoms with E-state index in [0.717, 1.165) is 30.7 Å². The summed E-state index contributed by atoms with van der Waals surface area (Å²) in [5.41, 5.74) is 2.01. The van der Waals surface area contributed by atoms with Gasteiger partial charge in [-0.05, 0) is 25.0 Å². The van der Waals surface area contributed by atoms with E-state index in [1.807, 2.05) is 48.5 Å². The van der Waals surface area contributed by atoms with E-state index in [0.29, 0.717) is 24.5 Å². The highest BCUT2D eigenvalue weighted by Crippen LogP contribution is 2.22. The molecule has 138 valence electrons. The van der Waals surface area contributed by atoms with Gasteiger partial charge in [-0.25, -0.2) is 0 Å². The lowest BCUT2D eigenvalue weighted by Gasteiger charge is -2.24. The molecule has 6 nitrogen and oxygen atoms in total. The summed E-state index contributed by atoms with van der Waals surface area (Å²) in [5, 5.41) is 4.00. The molecule has 1 saturated heterocycles. The Morgan fingerprint density at radius 2 is 2.00 bits per heavy atom. The smallest absolute Gasteiger partial charge is 0.276 e. The highest BCUT2D eigenvalue weighted by Gasteiger charge is 2.26. The Morgan fingerprint density at radius 3 is 2.74 bits per heavy atom. The number of benzene rings is 1. The monoisotopic (exact) mass is 363 g/mol. The van der Waals surface area contributed by atoms with E-state index < -0.39 is 0 Å². The quantitative estimate of drug-likeness (QED) is 0.670. The van der Waals surface area contributed by atoms with E-state index in [2.05, 4.69) is 10.1 Å². The van der Waals surface area contributed by atoms with Gasteiger partial charge >= 0.3 is 0 Å². The minimum absolute atomic E-state index is 0.0538. The van der Waals surface area contributed by atoms with Crippen LogP contribution in [0.15, 0.2) is 65.3 Å². The summed E-state index contributed by atoms with van der Waals surface area (Å²) in [4.78, 5) is 19.2. The molecule has 0 saturated carbocycles. The lowest BCUT2D eigenvalue weighted by Crippen LogP contribution is -2.37. The van der Waals surface area contributed by atoms with E-state index in [1.165, 1.54) is 0 Å². The molecule has 1 fully saturated rings. The topological polar surface area (TPSA) is 68.5 Å². The van der Waals surface area contributed by atoms with Crippen LogP contribution in [0.1, 0.15) is 29.0 Å². The molecule has 0 N–H and O–H groups in total. The fourth-order valence-electron chi connectivity index (χ4n) is 3.22. The van der Waals surface area contributed by atoms with Crippen LogP contribution in [0.3, 0.4) is 0 Å². The van der Waals surface area contributed by atoms with Crippen molar-refractivity contribution < 1.29 is 14.1 Å². The molecule has 3 aromatic rings. The van der Waals surface area contributed by atoms with Gasteiger partial charge in [0.15, 0.2) is 11.5 Å². The van der Waals surface area contributed by atoms with E-state index in [4.69, 9.17) is 9.26 Å². The van der Waals surface area contributed by atoms with E-state index in [9.17, 15) is 4.79 Å². The van der Waals surface area contributed by atoms with Crippen molar-refractivity contribution >= 4 is 5.91 Å². The fraction of sp³-hybridized carbons (Fsp3) is 0.286. The van der Waals surface area contributed by atoms with Crippen LogP contribution in [-0.2, 0) is 11.3 Å². The Bertz CT molecular complexity index is 874. The molecule has 3 heterocycles. The molecule has 0 radical (unpaired) electrons. The summed E-state index contributed by atoms with van der Waals surface area (Å²) >= 11 is 0. The second kappa shape index (κ2) is 8.14. The first-order chi connectivity index (χ1) is 13.3. The van der Waals surface area contributed by atoms with Gasteiger partial charge in [-0.15, -0.1) is 0 Å². The molecule has 6 heteroatoms. The third-order valence-corrected chi connectivity index (χ3v) is 4.60. The number of hydrogen-bond acceptors (Lipinski definition) is 5. The normalized spacial score (nSPS) is 16.4. The molecule has 0 bridgehead atoms. The zero-order valence-electron chi connectivity index (χ0n) is 15.0. The van der Waals surface area contributed by atoms with Crippen molar-refractivity contribution in [2.75, 3.05) is 13.2 Å². The van der Waals surface area contributed by atoms with Crippen LogP contribution in [0.2, 0.25) is 0 Å². The first kappa shape index (κ1) is 17.4. The largest absolute Gasteiger partial charge is 0.376 e. The van der Waals surface area contributed by atoms with Gasteiger partial charge in [0.25, 0.3) is 5.91 Å². The molecule has 0 unspecified atom stereocenters. The molecule has 1 aliphatic heterocycles. The molecular formula is C21H21N3O3. The predicted molar refractivity (Wildman–Crippen MR) is 99.9 cm³/mol. The van der Waals surface area contributed by atoms with Gasteiger partial charge in [0.1, 0.15) is 0 Å². The average Bonchev–Trinajstić information content (AvgIpc) is 3.41. The fourth-order valence-corrected chi connectivity index (χ4v) is 3.22. The first-order valence-corrected chi connectivity index (χ1v) is 9.12. The van der Waals surface area contributed by atoms with Crippen molar-refractivity contribution in [1.82, 2.24) is 15.0 Å². The number of nitrogens with zero attached hydrogens (tertiary/aromatic N) is 3. The molecule has 1 aromatic carbocycles. The average molecular weight is 363 g/mol. The third-order valence-electron chi connectivity index (χ3n) is 4.60. The van der Waals surface area contributed by atoms with Gasteiger partial charge in [-0.3, -0.25) is 9.78 Å². The zero-order chi connectivity index (χ0) is 18.5. The van der Waals surface area contributed by atoms with Crippen molar-refractivity contribution in [2.24, 2.45) is 0 Å². The Morgan fingerprint density at radius 1 is 1.15 bits per heavy atom. The number of ether oxygens (including phenoxy) is 1. The highest BCUT2D eigenvalue weighted by atomic mass is 16.5. The molecule has 0 spiro atoms. The molecule has 1 aliphatic rings. The lowest BCUT2D eigenvalue weighted by atomic mass is 10.1. The lowest BCUT2D eigenvalue weighted by molar-refractivity contribution is 0.0497. The molecule has 27 heavy (non-hydrogen) atoms. The number of amides is 1. The van der Waals surface area contributed by atoms with Gasteiger partial charge in [-0.2, -0.15) is 0 Å². The zero-order valence-corrected chi connectivity index (χ0v) is 15.0. The number of aromatic nitrogens is 2. The van der Waals surface area contributed by atoms with Gasteiger partial charge < -0.3 is 14.2 Å². The number of rotatable bonds is 6. The van der Waals surface area contributed by atoms with Gasteiger partial charge in [0.2, 0.25) is 0 Å². The minimum atomic E-state index is -0.179. The van der Waals surface area contributed by atoms with Crippen molar-refractivity contribution in [3.8, 4) is 11.3 Å². The van der Waals surface area contributed by atoms with Gasteiger partial charge in [-0.1, -0.05) is 41.6 Å². The van der Waals surface area contributed by atoms with Crippen LogP contribution >= 0.6 is 0 Å². The maximum absolute atomic E-state index is 13.1. The minimum Gasteiger partial charge on any atom is -0.376 e. The number of pyridine rings is 1. The molecular weight excluding hydrogens is 342 g/mol. The van der Waals surface area contributed by atoms with Gasteiger partial charge in [0, 0.05) is 31.0 Å². The number of hydrogen-bond donors (Lipinski definition) is 0. The van der Waals surface area contributed by atoms with Crippen LogP contribution in [0.4, 0.5) is 0 Å². The van der Waals surface area contributed by atoms with Crippen LogP contribution < -0.4 is 0 Å². The maximum Gasteiger partial charge on any atom is 0.276 e. The third kappa shape index (κ3) is 4.23. The van der Waals surface area contributed by atoms with Crippen molar-refractivity contribution in [2.45, 2.75) is 25.5 Å². The molecule has 0 aliphatic carbocycles. The second-order valence-corrected chi connectivity index (χ2v) is 6.58. The van der Waals surface area contributed by atoms with Crippen LogP contribution in [0.5, 0.6) is 0 Å². The summed E-state index contributed by atoms with van der Waals surface area (Å²) in [5.74, 6) is 0.399. The standard InChI is InChI=1S/C21H21N3O3/c25-21(19-13-20(27-23-19)16-7-2-1-3-8-16)24(15-18-10-6-12-26-18)14-17-9-4-5-11-22-17/h1-5,7-9,11,13,18H,6,10,12,14-15H2/t18-/m1/s1. The Hall–Kier alpha value is -2.99. The maximum atomic E-state index is 13.1. The Kier molecular flexibility index (Phi) is 5.25. The summed E-state index contributed by atoms with van der Waals surface area (Å²) in [6.45, 7) is 1.68. The molecule has 1 amide bonds. The second-order valence-electron chi connectivity index (χ2n) is 6.58. The molecule has 4 rings (SSSR count). The predicted octanol–water partition coefficient (Wildman–Crippen LogP) is 3.56. The number of carbonyl (C=O) groups excluding carboxylic acids is 1. The van der Waals surface area contributed by atoms with E-state index in [-0.39, 0.29) is 12.0 Å². The van der Waals surface area contributed by atoms with Crippen molar-refractivity contribution in [1.29, 1.82) is 0 Å². The number of carbonyl (C=O) groups is 1. The molecule has 1 atom stereocenters. The van der Waals surface area contributed by atoms with E-state index in [1.54, 1.807) is 17.2 Å². The summed E-state index contributed by atoms with van der Waals surface area (Å²) in [6.07, 6.45) is 3.77. The SMILES string of the molecule is O=C(c1cc(-c2ccccc2)on1)N(Cc1ccccn1)C[C@H]1CCCO1. The first-order valence-electron chi connectivity index (χ1n) is 9.12. The summed E-state index contributed by atoms with van der Waals surface area (Å²) in [6, 6.07) is 17.0. The van der Waals surface area contributed by atoms with Crippen LogP contribution in [0, 0.1) is 0 Å². The van der Waals surface area contributed by atoms with Crippen molar-refractivity contribution in [3.63, 3.8) is 0 Å². The van der Waals surface area contributed by atoms with Crippen LogP contribution in [-0.4, -0.2) is 40.2 Å². The highest BCUT2D eigenvalue weighted by molar-refractivity contribution is 5.93. The summed E-state index contributed by atoms with van der Waals surface area (Å²) in [7, 11) is 0. The Labute approximate surface area is 157 Å². The van der Waals surface area contributed by atoms with Crippen LogP contribution in [0.25, 0.3) is 11.3 Å². The van der Waals surface area contributed by atoms with E-state index >= 15 is 0 Å². The summed E-state index contributed by atoms with van der Waals surface area (Å²) < 4.78 is 11.1.